The number of methoxy groups -OCH3 is 2. The molecule has 0 aliphatic carbocycles. The fraction of sp³-hybridized carbons (Fsp3) is 0.743. The normalized spacial score (nSPS) is 18.2. The van der Waals surface area contributed by atoms with E-state index in [0.717, 1.165) is 0 Å². The third-order valence-corrected chi connectivity index (χ3v) is 19.1. The van der Waals surface area contributed by atoms with Crippen molar-refractivity contribution in [2.45, 2.75) is 194 Å². The number of nitrogens with zero attached hydrogens (tertiary/aromatic N) is 3. The Balaban J connectivity index is 1.62. The zero-order valence-electron chi connectivity index (χ0n) is 61.8. The molecular formula is C70H116N10O20S. The number of carboxylic acids is 2. The molecular weight excluding hydrogens is 1330 g/mol. The molecule has 101 heavy (non-hydrogen) atoms. The van der Waals surface area contributed by atoms with Crippen LogP contribution in [-0.4, -0.2) is 263 Å². The minimum atomic E-state index is -1.54. The predicted molar refractivity (Wildman–Crippen MR) is 376 cm³/mol. The summed E-state index contributed by atoms with van der Waals surface area (Å²) in [4.78, 5) is 165. The molecule has 2 fully saturated rings. The quantitative estimate of drug-likeness (QED) is 0.0334. The maximum absolute atomic E-state index is 14.6. The van der Waals surface area contributed by atoms with Crippen molar-refractivity contribution in [2.24, 2.45) is 35.5 Å². The number of carboxylic acid groups (broad SMARTS) is 2. The van der Waals surface area contributed by atoms with Gasteiger partial charge in [0.2, 0.25) is 53.2 Å². The Hall–Kier alpha value is -7.03. The fourth-order valence-electron chi connectivity index (χ4n) is 12.7. The summed E-state index contributed by atoms with van der Waals surface area (Å²) >= 11 is 1.33. The van der Waals surface area contributed by atoms with E-state index in [2.05, 4.69) is 37.2 Å². The van der Waals surface area contributed by atoms with Crippen molar-refractivity contribution in [3.63, 3.8) is 0 Å². The van der Waals surface area contributed by atoms with Crippen LogP contribution in [0.4, 0.5) is 0 Å². The molecule has 1 aromatic rings. The Morgan fingerprint density at radius 1 is 0.653 bits per heavy atom. The van der Waals surface area contributed by atoms with Gasteiger partial charge in [-0.1, -0.05) is 99.1 Å². The minimum Gasteiger partial charge on any atom is -0.481 e. The first-order valence-corrected chi connectivity index (χ1v) is 36.5. The maximum Gasteiger partial charge on any atom is 0.329 e. The fourth-order valence-corrected chi connectivity index (χ4v) is 13.3. The second-order valence-electron chi connectivity index (χ2n) is 26.9. The molecule has 9 N–H and O–H groups in total. The number of aliphatic carboxylic acids is 2. The summed E-state index contributed by atoms with van der Waals surface area (Å²) < 4.78 is 34.8. The number of likely N-dealkylation sites (N-methyl/N-ethyl adjacent to an activating group) is 2. The van der Waals surface area contributed by atoms with E-state index in [-0.39, 0.29) is 120 Å². The van der Waals surface area contributed by atoms with Crippen molar-refractivity contribution < 1.29 is 96.2 Å². The molecule has 2 heterocycles. The van der Waals surface area contributed by atoms with Crippen molar-refractivity contribution in [3.8, 4) is 0 Å². The SMILES string of the molecule is CC[C@H](C)[C@@H]([C@@H](CC(=O)N1CCC[C@H]1[C@H](OC)[C@@H](C)C(=O)N[C@H](C)[C@@H](OC(=O)[C@@H](NC(=O)[C@@H]1CCCN1C(=O)[C@H](CC(=O)O)NC(=O)CCOCCOCCOCCNC(=O)CNC(=O)C(CSC)CC(=O)O)C(C)C)c1ccccc1)OC)N(C)C(=O)[C@@H](NC(=O)[C@@H](NC)C(C)C)C(C)C. The van der Waals surface area contributed by atoms with Gasteiger partial charge in [0.1, 0.15) is 30.3 Å². The monoisotopic (exact) mass is 1450 g/mol. The van der Waals surface area contributed by atoms with E-state index in [9.17, 15) is 62.6 Å². The number of hydrogen-bond acceptors (Lipinski definition) is 20. The highest BCUT2D eigenvalue weighted by molar-refractivity contribution is 7.98. The number of amides is 9. The molecule has 9 amide bonds. The van der Waals surface area contributed by atoms with Gasteiger partial charge in [0.15, 0.2) is 0 Å². The van der Waals surface area contributed by atoms with Crippen molar-refractivity contribution in [1.82, 2.24) is 51.9 Å². The van der Waals surface area contributed by atoms with Gasteiger partial charge < -0.3 is 90.6 Å². The Bertz CT molecular complexity index is 2820. The summed E-state index contributed by atoms with van der Waals surface area (Å²) in [6, 6.07) is 1.45. The van der Waals surface area contributed by atoms with E-state index >= 15 is 0 Å². The van der Waals surface area contributed by atoms with Gasteiger partial charge >= 0.3 is 17.9 Å². The average molecular weight is 1450 g/mol. The zero-order chi connectivity index (χ0) is 75.6. The first-order valence-electron chi connectivity index (χ1n) is 35.1. The van der Waals surface area contributed by atoms with Gasteiger partial charge in [-0.15, -0.1) is 0 Å². The second kappa shape index (κ2) is 45.8. The summed E-state index contributed by atoms with van der Waals surface area (Å²) in [5.41, 5.74) is 0.526. The lowest BCUT2D eigenvalue weighted by atomic mass is 9.89. The van der Waals surface area contributed by atoms with E-state index in [0.29, 0.717) is 43.5 Å². The van der Waals surface area contributed by atoms with Gasteiger partial charge in [-0.05, 0) is 75.1 Å². The predicted octanol–water partition coefficient (Wildman–Crippen LogP) is 2.30. The lowest BCUT2D eigenvalue weighted by Gasteiger charge is -2.41. The highest BCUT2D eigenvalue weighted by Crippen LogP contribution is 2.31. The number of esters is 1. The van der Waals surface area contributed by atoms with Crippen molar-refractivity contribution in [2.75, 3.05) is 106 Å². The Labute approximate surface area is 599 Å². The Kier molecular flexibility index (Phi) is 40.0. The number of ether oxygens (including phenoxy) is 6. The van der Waals surface area contributed by atoms with Crippen LogP contribution in [0.5, 0.6) is 0 Å². The lowest BCUT2D eigenvalue weighted by Crippen LogP contribution is -2.59. The van der Waals surface area contributed by atoms with Crippen LogP contribution in [0, 0.1) is 35.5 Å². The standard InChI is InChI=1S/C70H116N10O20S/c1-16-44(8)61(78(12)69(93)59(42(4)5)76-67(91)58(71-11)41(2)3)52(95-13)38-55(83)79-28-20-24-50(79)62(96-14)45(9)64(88)74-46(10)63(47-22-18-17-19-23-47)100-70(94)60(43(6)7)77-66(90)51-25-21-29-80(51)68(92)49(37-57(86)87)75-53(81)26-30-97-32-34-99-35-33-98-31-27-72-54(82)39-73-65(89)48(40-101-15)36-56(84)85/h17-19,22-23,41-46,48-52,58-63,71H,16,20-21,24-40H2,1-15H3,(H,72,82)(H,73,89)(H,74,88)(H,75,81)(H,76,91)(H,77,90)(H,84,85)(H,86,87)/t44-,45+,46+,48?,49-,50-,51-,52+,58-,59-,60-,61-,62+,63+/m0/s1. The number of nitrogens with one attached hydrogen (secondary N) is 7. The largest absolute Gasteiger partial charge is 0.481 e. The van der Waals surface area contributed by atoms with E-state index in [1.807, 2.05) is 41.5 Å². The Morgan fingerprint density at radius 2 is 1.25 bits per heavy atom. The third kappa shape index (κ3) is 28.6. The first kappa shape index (κ1) is 88.2. The van der Waals surface area contributed by atoms with Crippen molar-refractivity contribution >= 4 is 82.8 Å². The molecule has 31 heteroatoms. The third-order valence-electron chi connectivity index (χ3n) is 18.4. The summed E-state index contributed by atoms with van der Waals surface area (Å²) in [6.45, 7) is 19.2. The maximum atomic E-state index is 14.6. The average Bonchev–Trinajstić information content (AvgIpc) is 1.78. The van der Waals surface area contributed by atoms with Crippen LogP contribution in [0.1, 0.15) is 139 Å². The van der Waals surface area contributed by atoms with Gasteiger partial charge in [-0.25, -0.2) is 4.79 Å². The smallest absolute Gasteiger partial charge is 0.329 e. The van der Waals surface area contributed by atoms with Crippen LogP contribution in [0.15, 0.2) is 30.3 Å². The van der Waals surface area contributed by atoms with Crippen molar-refractivity contribution in [1.29, 1.82) is 0 Å². The number of rotatable bonds is 48. The van der Waals surface area contributed by atoms with Crippen LogP contribution >= 0.6 is 11.8 Å². The molecule has 0 spiro atoms. The molecule has 0 radical (unpaired) electrons. The van der Waals surface area contributed by atoms with E-state index < -0.39 is 144 Å². The molecule has 0 saturated carbocycles. The molecule has 0 aromatic heterocycles. The number of likely N-dealkylation sites (tertiary alicyclic amines) is 2. The number of hydrogen-bond donors (Lipinski definition) is 9. The van der Waals surface area contributed by atoms with Crippen LogP contribution in [0.3, 0.4) is 0 Å². The second-order valence-corrected chi connectivity index (χ2v) is 27.8. The minimum absolute atomic E-state index is 0.0318. The highest BCUT2D eigenvalue weighted by atomic mass is 32.2. The molecule has 1 aromatic carbocycles. The van der Waals surface area contributed by atoms with E-state index in [1.54, 1.807) is 88.2 Å². The summed E-state index contributed by atoms with van der Waals surface area (Å²) in [5, 5.41) is 38.2. The number of benzene rings is 1. The Morgan fingerprint density at radius 3 is 1.81 bits per heavy atom. The van der Waals surface area contributed by atoms with Gasteiger partial charge in [-0.3, -0.25) is 52.7 Å². The van der Waals surface area contributed by atoms with Crippen molar-refractivity contribution in [3.05, 3.63) is 35.9 Å². The lowest BCUT2D eigenvalue weighted by molar-refractivity contribution is -0.157. The topological polar surface area (TPSA) is 395 Å². The van der Waals surface area contributed by atoms with Crippen LogP contribution in [0.2, 0.25) is 0 Å². The van der Waals surface area contributed by atoms with Crippen LogP contribution < -0.4 is 37.2 Å². The van der Waals surface area contributed by atoms with Gasteiger partial charge in [0.25, 0.3) is 0 Å². The summed E-state index contributed by atoms with van der Waals surface area (Å²) in [6.07, 6.45) is -0.00115. The highest BCUT2D eigenvalue weighted by Gasteiger charge is 2.45. The number of carbonyl (C=O) groups excluding carboxylic acids is 10. The van der Waals surface area contributed by atoms with Gasteiger partial charge in [0.05, 0.1) is 114 Å². The molecule has 572 valence electrons. The van der Waals surface area contributed by atoms with Gasteiger partial charge in [-0.2, -0.15) is 11.8 Å². The number of thioether (sulfide) groups is 1. The summed E-state index contributed by atoms with van der Waals surface area (Å²) in [5.74, 6) is -10.1. The molecule has 14 atom stereocenters. The molecule has 3 rings (SSSR count). The summed E-state index contributed by atoms with van der Waals surface area (Å²) in [7, 11) is 6.37. The van der Waals surface area contributed by atoms with Crippen LogP contribution in [-0.2, 0) is 86.0 Å². The molecule has 2 saturated heterocycles. The molecule has 2 aliphatic rings. The van der Waals surface area contributed by atoms with Crippen LogP contribution in [0.25, 0.3) is 0 Å². The molecule has 0 bridgehead atoms. The van der Waals surface area contributed by atoms with E-state index in [1.165, 1.54) is 30.9 Å². The van der Waals surface area contributed by atoms with Gasteiger partial charge in [0, 0.05) is 53.1 Å². The van der Waals surface area contributed by atoms with E-state index in [4.69, 9.17) is 33.5 Å². The molecule has 1 unspecified atom stereocenters. The first-order chi connectivity index (χ1) is 47.9. The number of carbonyl (C=O) groups is 12. The molecule has 30 nitrogen and oxygen atoms in total. The zero-order valence-corrected chi connectivity index (χ0v) is 62.7. The molecule has 2 aliphatic heterocycles.